The Morgan fingerprint density at radius 3 is 2.86 bits per heavy atom. The molecule has 4 rings (SSSR count). The zero-order valence-electron chi connectivity index (χ0n) is 15.9. The third-order valence-corrected chi connectivity index (χ3v) is 7.70. The van der Waals surface area contributed by atoms with Gasteiger partial charge < -0.3 is 10.2 Å². The molecule has 0 radical (unpaired) electrons. The highest BCUT2D eigenvalue weighted by Gasteiger charge is 2.29. The van der Waals surface area contributed by atoms with Crippen molar-refractivity contribution in [2.24, 2.45) is 0 Å². The topological polar surface area (TPSA) is 78.5 Å². The van der Waals surface area contributed by atoms with Crippen molar-refractivity contribution >= 4 is 44.6 Å². The fourth-order valence-electron chi connectivity index (χ4n) is 3.57. The molecule has 2 N–H and O–H groups in total. The number of hydrogen-bond donors (Lipinski definition) is 2. The second-order valence-electron chi connectivity index (χ2n) is 7.35. The molecule has 0 saturated carbocycles. The van der Waals surface area contributed by atoms with Gasteiger partial charge in [0.15, 0.2) is 0 Å². The smallest absolute Gasteiger partial charge is 0.275 e. The van der Waals surface area contributed by atoms with E-state index in [1.54, 1.807) is 17.0 Å². The Labute approximate surface area is 179 Å². The number of nitrogens with zero attached hydrogens (tertiary/aromatic N) is 1. The van der Waals surface area contributed by atoms with Gasteiger partial charge in [-0.1, -0.05) is 17.7 Å². The third-order valence-electron chi connectivity index (χ3n) is 5.13. The second-order valence-corrected chi connectivity index (χ2v) is 11.0. The van der Waals surface area contributed by atoms with E-state index in [-0.39, 0.29) is 17.4 Å². The number of amides is 1. The monoisotopic (exact) mass is 451 g/mol. The largest absolute Gasteiger partial charge is 0.310 e. The van der Waals surface area contributed by atoms with Gasteiger partial charge in [-0.25, -0.2) is 8.42 Å². The van der Waals surface area contributed by atoms with Crippen molar-refractivity contribution in [3.05, 3.63) is 62.4 Å². The lowest BCUT2D eigenvalue weighted by molar-refractivity contribution is -0.114. The van der Waals surface area contributed by atoms with Crippen molar-refractivity contribution in [1.29, 1.82) is 0 Å². The highest BCUT2D eigenvalue weighted by molar-refractivity contribution is 7.89. The molecule has 1 atom stereocenters. The summed E-state index contributed by atoms with van der Waals surface area (Å²) >= 11 is 7.24. The van der Waals surface area contributed by atoms with E-state index in [0.717, 1.165) is 23.5 Å². The summed E-state index contributed by atoms with van der Waals surface area (Å²) in [4.78, 5) is 15.3. The molecule has 1 aromatic carbocycles. The first-order valence-corrected chi connectivity index (χ1v) is 12.3. The van der Waals surface area contributed by atoms with E-state index in [9.17, 15) is 13.2 Å². The minimum absolute atomic E-state index is 0.0990. The van der Waals surface area contributed by atoms with Crippen LogP contribution in [0.3, 0.4) is 0 Å². The third kappa shape index (κ3) is 4.66. The van der Waals surface area contributed by atoms with Crippen molar-refractivity contribution in [3.63, 3.8) is 0 Å². The van der Waals surface area contributed by atoms with E-state index in [1.165, 1.54) is 22.5 Å². The minimum atomic E-state index is -3.62. The summed E-state index contributed by atoms with van der Waals surface area (Å²) in [5, 5.41) is 3.42. The maximum absolute atomic E-state index is 12.8. The molecule has 9 heteroatoms. The van der Waals surface area contributed by atoms with Crippen molar-refractivity contribution < 1.29 is 13.2 Å². The molecule has 0 spiro atoms. The number of carbonyl (C=O) groups is 1. The van der Waals surface area contributed by atoms with Crippen LogP contribution in [0.15, 0.2) is 42.1 Å². The number of rotatable bonds is 6. The molecule has 1 aromatic heterocycles. The fraction of sp³-hybridized carbons (Fsp3) is 0.350. The molecular formula is C20H22ClN3O3S2. The average molecular weight is 452 g/mol. The summed E-state index contributed by atoms with van der Waals surface area (Å²) in [5.74, 6) is -0.423. The van der Waals surface area contributed by atoms with Gasteiger partial charge >= 0.3 is 0 Å². The number of thiophene rings is 1. The summed E-state index contributed by atoms with van der Waals surface area (Å²) in [7, 11) is -3.62. The number of nitrogens with one attached hydrogen (secondary N) is 2. The number of anilines is 1. The van der Waals surface area contributed by atoms with Crippen molar-refractivity contribution in [2.75, 3.05) is 17.2 Å². The van der Waals surface area contributed by atoms with Gasteiger partial charge in [0, 0.05) is 29.7 Å². The Bertz CT molecular complexity index is 1080. The predicted molar refractivity (Wildman–Crippen MR) is 117 cm³/mol. The summed E-state index contributed by atoms with van der Waals surface area (Å²) in [6, 6.07) is 9.95. The van der Waals surface area contributed by atoms with Crippen molar-refractivity contribution in [2.45, 2.75) is 32.4 Å². The molecule has 3 heterocycles. The Hall–Kier alpha value is -1.87. The number of fused-ring (bicyclic) bond motifs is 1. The summed E-state index contributed by atoms with van der Waals surface area (Å²) in [5.41, 5.74) is 3.37. The molecule has 0 aliphatic carbocycles. The molecule has 0 saturated heterocycles. The molecule has 6 nitrogen and oxygen atoms in total. The Balaban J connectivity index is 1.41. The number of sulfonamides is 1. The lowest BCUT2D eigenvalue weighted by Gasteiger charge is -2.25. The van der Waals surface area contributed by atoms with Gasteiger partial charge in [0.2, 0.25) is 10.0 Å². The number of aryl methyl sites for hydroxylation is 1. The van der Waals surface area contributed by atoms with Gasteiger partial charge in [-0.2, -0.15) is 0 Å². The van der Waals surface area contributed by atoms with Crippen LogP contribution in [0.4, 0.5) is 5.69 Å². The van der Waals surface area contributed by atoms with Gasteiger partial charge in [0.05, 0.1) is 10.1 Å². The van der Waals surface area contributed by atoms with Crippen LogP contribution in [0.1, 0.15) is 22.9 Å². The standard InChI is InChI=1S/C20H22ClN3O3S2/c1-13-10-15-11-16(3-2-14(15)12-22-13)24-8-6-18(20(24)25)23-29(26,27)9-7-17-4-5-19(21)28-17/h2-6,11,13,22-23H,7-10,12H2,1H3/t13-/m0/s1. The van der Waals surface area contributed by atoms with Gasteiger partial charge in [0.1, 0.15) is 5.70 Å². The Morgan fingerprint density at radius 1 is 1.28 bits per heavy atom. The maximum Gasteiger partial charge on any atom is 0.275 e. The molecule has 2 aromatic rings. The average Bonchev–Trinajstić information content (AvgIpc) is 3.25. The quantitative estimate of drug-likeness (QED) is 0.707. The second kappa shape index (κ2) is 8.10. The van der Waals surface area contributed by atoms with Crippen molar-refractivity contribution in [3.8, 4) is 0 Å². The molecule has 1 amide bonds. The first-order valence-electron chi connectivity index (χ1n) is 9.43. The van der Waals surface area contributed by atoms with Gasteiger partial charge in [0.25, 0.3) is 5.91 Å². The van der Waals surface area contributed by atoms with E-state index >= 15 is 0 Å². The molecular weight excluding hydrogens is 430 g/mol. The number of carbonyl (C=O) groups excluding carboxylic acids is 1. The highest BCUT2D eigenvalue weighted by atomic mass is 35.5. The number of benzene rings is 1. The lowest BCUT2D eigenvalue weighted by Crippen LogP contribution is -2.35. The normalized spacial score (nSPS) is 19.2. The Morgan fingerprint density at radius 2 is 2.10 bits per heavy atom. The summed E-state index contributed by atoms with van der Waals surface area (Å²) < 4.78 is 27.9. The van der Waals surface area contributed by atoms with E-state index in [2.05, 4.69) is 17.0 Å². The van der Waals surface area contributed by atoms with Gasteiger partial charge in [-0.15, -0.1) is 11.3 Å². The van der Waals surface area contributed by atoms with Crippen LogP contribution in [0.5, 0.6) is 0 Å². The molecule has 2 aliphatic rings. The molecule has 0 unspecified atom stereocenters. The lowest BCUT2D eigenvalue weighted by atomic mass is 9.96. The first-order chi connectivity index (χ1) is 13.8. The fourth-order valence-corrected chi connectivity index (χ4v) is 5.89. The molecule has 0 fully saturated rings. The van der Waals surface area contributed by atoms with Crippen molar-refractivity contribution in [1.82, 2.24) is 10.0 Å². The van der Waals surface area contributed by atoms with Gasteiger partial charge in [-0.3, -0.25) is 9.52 Å². The summed E-state index contributed by atoms with van der Waals surface area (Å²) in [6.45, 7) is 3.31. The zero-order valence-corrected chi connectivity index (χ0v) is 18.3. The Kier molecular flexibility index (Phi) is 5.70. The van der Waals surface area contributed by atoms with E-state index in [0.29, 0.717) is 23.3 Å². The molecule has 2 aliphatic heterocycles. The van der Waals surface area contributed by atoms with E-state index in [4.69, 9.17) is 11.6 Å². The zero-order chi connectivity index (χ0) is 20.6. The molecule has 154 valence electrons. The highest BCUT2D eigenvalue weighted by Crippen LogP contribution is 2.27. The van der Waals surface area contributed by atoms with Crippen LogP contribution in [-0.2, 0) is 34.2 Å². The van der Waals surface area contributed by atoms with Crippen LogP contribution >= 0.6 is 22.9 Å². The van der Waals surface area contributed by atoms with Crippen LogP contribution in [0, 0.1) is 0 Å². The number of hydrogen-bond acceptors (Lipinski definition) is 5. The van der Waals surface area contributed by atoms with Crippen LogP contribution in [0.2, 0.25) is 4.34 Å². The predicted octanol–water partition coefficient (Wildman–Crippen LogP) is 2.83. The maximum atomic E-state index is 12.8. The van der Waals surface area contributed by atoms with E-state index in [1.807, 2.05) is 24.3 Å². The van der Waals surface area contributed by atoms with Crippen LogP contribution in [0.25, 0.3) is 0 Å². The first kappa shape index (κ1) is 20.4. The minimum Gasteiger partial charge on any atom is -0.310 e. The SMILES string of the molecule is C[C@H]1Cc2cc(N3CC=C(NS(=O)(=O)CCc4ccc(Cl)s4)C3=O)ccc2CN1. The number of halogens is 1. The van der Waals surface area contributed by atoms with E-state index < -0.39 is 10.0 Å². The molecule has 0 bridgehead atoms. The van der Waals surface area contributed by atoms with Crippen LogP contribution in [-0.4, -0.2) is 32.7 Å². The summed E-state index contributed by atoms with van der Waals surface area (Å²) in [6.07, 6.45) is 2.89. The van der Waals surface area contributed by atoms with Gasteiger partial charge in [-0.05, 0) is 61.2 Å². The molecule has 29 heavy (non-hydrogen) atoms. The van der Waals surface area contributed by atoms with Crippen LogP contribution < -0.4 is 14.9 Å².